The van der Waals surface area contributed by atoms with Gasteiger partial charge >= 0.3 is 5.97 Å². The highest BCUT2D eigenvalue weighted by Crippen LogP contribution is 2.46. The van der Waals surface area contributed by atoms with Crippen LogP contribution in [0, 0.1) is 12.7 Å². The van der Waals surface area contributed by atoms with Gasteiger partial charge in [0, 0.05) is 35.0 Å². The van der Waals surface area contributed by atoms with Crippen molar-refractivity contribution in [3.05, 3.63) is 61.7 Å². The molecule has 0 saturated heterocycles. The number of nitrogens with two attached hydrogens (primary N) is 1. The number of nitrogens with zero attached hydrogens (tertiary/aromatic N) is 2. The number of pyridine rings is 2. The van der Waals surface area contributed by atoms with Gasteiger partial charge in [0.25, 0.3) is 5.56 Å². The molecule has 3 atom stereocenters. The highest BCUT2D eigenvalue weighted by Gasteiger charge is 2.46. The lowest BCUT2D eigenvalue weighted by atomic mass is 9.78. The van der Waals surface area contributed by atoms with Crippen LogP contribution in [-0.2, 0) is 39.5 Å². The van der Waals surface area contributed by atoms with Gasteiger partial charge in [-0.3, -0.25) is 9.59 Å². The monoisotopic (exact) mass is 536 g/mol. The molecule has 6 rings (SSSR count). The quantitative estimate of drug-likeness (QED) is 0.275. The molecule has 0 saturated carbocycles. The van der Waals surface area contributed by atoms with Crippen molar-refractivity contribution >= 4 is 22.8 Å². The maximum absolute atomic E-state index is 15.0. The van der Waals surface area contributed by atoms with E-state index < -0.39 is 30.1 Å². The Labute approximate surface area is 222 Å². The minimum atomic E-state index is -1.95. The van der Waals surface area contributed by atoms with Crippen molar-refractivity contribution < 1.29 is 28.9 Å². The fraction of sp³-hybridized carbons (Fsp3) is 0.429. The second-order valence-electron chi connectivity index (χ2n) is 10.6. The lowest BCUT2D eigenvalue weighted by Gasteiger charge is -2.31. The van der Waals surface area contributed by atoms with E-state index in [9.17, 15) is 29.0 Å². The smallest absolute Gasteiger partial charge is 0.343 e. The number of nitrogens with one attached hydrogen (secondary N) is 1. The molecule has 2 aliphatic heterocycles. The number of halogens is 1. The maximum atomic E-state index is 15.0. The molecule has 10 nitrogen and oxygen atoms in total. The molecule has 0 radical (unpaired) electrons. The lowest BCUT2D eigenvalue weighted by molar-refractivity contribution is -0.172. The summed E-state index contributed by atoms with van der Waals surface area (Å²) in [5.74, 6) is -1.83. The minimum Gasteiger partial charge on any atom is -0.458 e. The molecule has 3 aromatic rings. The van der Waals surface area contributed by atoms with Crippen LogP contribution in [-0.4, -0.2) is 50.8 Å². The van der Waals surface area contributed by atoms with Crippen LogP contribution in [0.3, 0.4) is 0 Å². The average Bonchev–Trinajstić information content (AvgIpc) is 3.31. The van der Waals surface area contributed by atoms with Gasteiger partial charge in [-0.1, -0.05) is 6.92 Å². The third-order valence-corrected chi connectivity index (χ3v) is 8.55. The Morgan fingerprint density at radius 1 is 1.33 bits per heavy atom. The molecule has 1 aromatic carbocycles. The van der Waals surface area contributed by atoms with Crippen LogP contribution in [0.1, 0.15) is 59.1 Å². The number of amides is 1. The molecule has 3 aliphatic rings. The molecular formula is C28H29FN4O6. The topological polar surface area (TPSA) is 157 Å². The Morgan fingerprint density at radius 2 is 2.10 bits per heavy atom. The number of aliphatic hydroxyl groups is 2. The van der Waals surface area contributed by atoms with Crippen LogP contribution in [0.4, 0.5) is 4.39 Å². The molecular weight excluding hydrogens is 507 g/mol. The molecule has 0 spiro atoms. The van der Waals surface area contributed by atoms with E-state index in [1.807, 2.05) is 0 Å². The van der Waals surface area contributed by atoms with Gasteiger partial charge in [-0.05, 0) is 48.9 Å². The van der Waals surface area contributed by atoms with Gasteiger partial charge in [-0.15, -0.1) is 0 Å². The normalized spacial score (nSPS) is 21.7. The summed E-state index contributed by atoms with van der Waals surface area (Å²) in [4.78, 5) is 43.3. The standard InChI is InChI=1S/C28H29FN4O6/c1-3-28(38)17-6-21-24-15(9-33(21)26(36)16(17)11-39-27(28)37)22-13(8-31-25(35)19(30)10-34)4-5-14-12(2)18(29)7-20(32-24)23(14)22/h6-7,13,19,34,38H,3-5,8-11,30H2,1-2H3,(H,31,35)/t13-,19+,28+/m1/s1. The van der Waals surface area contributed by atoms with E-state index in [1.165, 1.54) is 6.07 Å². The lowest BCUT2D eigenvalue weighted by Crippen LogP contribution is -2.44. The van der Waals surface area contributed by atoms with E-state index in [4.69, 9.17) is 15.5 Å². The van der Waals surface area contributed by atoms with Crippen molar-refractivity contribution in [1.82, 2.24) is 14.9 Å². The van der Waals surface area contributed by atoms with E-state index in [-0.39, 0.29) is 54.5 Å². The summed E-state index contributed by atoms with van der Waals surface area (Å²) in [6.07, 6.45) is 1.23. The first-order chi connectivity index (χ1) is 18.6. The number of hydrogen-bond donors (Lipinski definition) is 4. The number of aromatic nitrogens is 2. The summed E-state index contributed by atoms with van der Waals surface area (Å²) in [5.41, 5.74) is 8.20. The summed E-state index contributed by atoms with van der Waals surface area (Å²) in [5, 5.41) is 24.1. The first-order valence-electron chi connectivity index (χ1n) is 13.1. The van der Waals surface area contributed by atoms with Gasteiger partial charge in [0.2, 0.25) is 5.91 Å². The van der Waals surface area contributed by atoms with Crippen molar-refractivity contribution in [2.24, 2.45) is 5.73 Å². The number of cyclic esters (lactones) is 1. The Balaban J connectivity index is 1.57. The zero-order valence-corrected chi connectivity index (χ0v) is 21.6. The summed E-state index contributed by atoms with van der Waals surface area (Å²) >= 11 is 0. The fourth-order valence-corrected chi connectivity index (χ4v) is 6.29. The van der Waals surface area contributed by atoms with Crippen LogP contribution < -0.4 is 16.6 Å². The van der Waals surface area contributed by atoms with Gasteiger partial charge < -0.3 is 30.6 Å². The van der Waals surface area contributed by atoms with E-state index in [0.717, 1.165) is 22.1 Å². The Morgan fingerprint density at radius 3 is 2.82 bits per heavy atom. The third kappa shape index (κ3) is 3.56. The molecule has 1 amide bonds. The van der Waals surface area contributed by atoms with E-state index in [0.29, 0.717) is 35.3 Å². The fourth-order valence-electron chi connectivity index (χ4n) is 6.29. The first kappa shape index (κ1) is 25.6. The summed E-state index contributed by atoms with van der Waals surface area (Å²) < 4.78 is 21.7. The zero-order chi connectivity index (χ0) is 27.8. The van der Waals surface area contributed by atoms with Crippen LogP contribution in [0.25, 0.3) is 22.3 Å². The van der Waals surface area contributed by atoms with Crippen LogP contribution in [0.2, 0.25) is 0 Å². The highest BCUT2D eigenvalue weighted by molar-refractivity contribution is 5.93. The van der Waals surface area contributed by atoms with Crippen LogP contribution in [0.15, 0.2) is 16.9 Å². The van der Waals surface area contributed by atoms with Gasteiger partial charge in [0.05, 0.1) is 35.6 Å². The van der Waals surface area contributed by atoms with Crippen molar-refractivity contribution in [2.45, 2.75) is 63.8 Å². The second kappa shape index (κ2) is 8.94. The molecule has 0 unspecified atom stereocenters. The van der Waals surface area contributed by atoms with Crippen molar-refractivity contribution in [3.8, 4) is 11.4 Å². The Hall–Kier alpha value is -3.67. The van der Waals surface area contributed by atoms with Gasteiger partial charge in [0.15, 0.2) is 5.60 Å². The number of fused-ring (bicyclic) bond motifs is 5. The average molecular weight is 537 g/mol. The molecule has 0 fully saturated rings. The van der Waals surface area contributed by atoms with Gasteiger partial charge in [-0.2, -0.15) is 0 Å². The number of aryl methyl sites for hydroxylation is 1. The molecule has 11 heteroatoms. The number of carbonyl (C=O) groups excluding carboxylic acids is 2. The summed E-state index contributed by atoms with van der Waals surface area (Å²) in [7, 11) is 0. The predicted molar refractivity (Wildman–Crippen MR) is 138 cm³/mol. The number of hydrogen-bond acceptors (Lipinski definition) is 8. The van der Waals surface area contributed by atoms with Gasteiger partial charge in [0.1, 0.15) is 18.5 Å². The minimum absolute atomic E-state index is 0.0244. The van der Waals surface area contributed by atoms with Crippen molar-refractivity contribution in [1.29, 1.82) is 0 Å². The Kier molecular flexibility index (Phi) is 5.87. The van der Waals surface area contributed by atoms with E-state index >= 15 is 0 Å². The molecule has 0 bridgehead atoms. The number of carbonyl (C=O) groups is 2. The third-order valence-electron chi connectivity index (χ3n) is 8.55. The molecule has 204 valence electrons. The second-order valence-corrected chi connectivity index (χ2v) is 10.6. The van der Waals surface area contributed by atoms with Crippen molar-refractivity contribution in [3.63, 3.8) is 0 Å². The van der Waals surface area contributed by atoms with Gasteiger partial charge in [-0.25, -0.2) is 14.2 Å². The summed E-state index contributed by atoms with van der Waals surface area (Å²) in [6, 6.07) is 1.97. The van der Waals surface area contributed by atoms with Crippen LogP contribution in [0.5, 0.6) is 0 Å². The molecule has 2 aromatic heterocycles. The number of benzene rings is 1. The number of ether oxygens (including phenoxy) is 1. The Bertz CT molecular complexity index is 1650. The molecule has 5 N–H and O–H groups in total. The molecule has 1 aliphatic carbocycles. The van der Waals surface area contributed by atoms with Crippen LogP contribution >= 0.6 is 0 Å². The largest absolute Gasteiger partial charge is 0.458 e. The molecule has 39 heavy (non-hydrogen) atoms. The van der Waals surface area contributed by atoms with E-state index in [1.54, 1.807) is 24.5 Å². The van der Waals surface area contributed by atoms with Crippen molar-refractivity contribution in [2.75, 3.05) is 13.2 Å². The molecule has 4 heterocycles. The SMILES string of the molecule is CC[C@@]1(O)C(=O)OCc2c1cc1n(c2=O)Cc2c-1nc1cc(F)c(C)c3c1c2[C@@H](CNC(=O)[C@@H](N)CO)CC3. The predicted octanol–water partition coefficient (Wildman–Crippen LogP) is 0.993. The summed E-state index contributed by atoms with van der Waals surface area (Å²) in [6.45, 7) is 3.10. The number of esters is 1. The number of rotatable bonds is 5. The number of aliphatic hydroxyl groups excluding tert-OH is 1. The highest BCUT2D eigenvalue weighted by atomic mass is 19.1. The zero-order valence-electron chi connectivity index (χ0n) is 21.6. The first-order valence-corrected chi connectivity index (χ1v) is 13.1. The van der Waals surface area contributed by atoms with E-state index in [2.05, 4.69) is 5.32 Å². The maximum Gasteiger partial charge on any atom is 0.343 e.